The van der Waals surface area contributed by atoms with E-state index in [2.05, 4.69) is 39.5 Å². The first kappa shape index (κ1) is 26.6. The summed E-state index contributed by atoms with van der Waals surface area (Å²) in [7, 11) is 0. The Morgan fingerprint density at radius 3 is 2.64 bits per heavy atom. The van der Waals surface area contributed by atoms with E-state index in [1.54, 1.807) is 0 Å². The number of carbonyl (C=O) groups is 2. The molecule has 1 N–H and O–H groups in total. The van der Waals surface area contributed by atoms with Gasteiger partial charge in [-0.25, -0.2) is 14.7 Å². The van der Waals surface area contributed by atoms with E-state index in [0.717, 1.165) is 64.1 Å². The van der Waals surface area contributed by atoms with Crippen LogP contribution in [-0.4, -0.2) is 46.5 Å². The second-order valence-electron chi connectivity index (χ2n) is 13.0. The van der Waals surface area contributed by atoms with Gasteiger partial charge in [-0.05, 0) is 76.6 Å². The number of amides is 2. The van der Waals surface area contributed by atoms with Crippen LogP contribution in [0.4, 0.5) is 22.2 Å². The number of nitrogens with one attached hydrogen (secondary N) is 1. The highest BCUT2D eigenvalue weighted by Gasteiger charge is 2.68. The van der Waals surface area contributed by atoms with Crippen molar-refractivity contribution in [1.29, 1.82) is 0 Å². The Kier molecular flexibility index (Phi) is 5.94. The number of ether oxygens (including phenoxy) is 1. The van der Waals surface area contributed by atoms with Gasteiger partial charge in [0.05, 0.1) is 17.6 Å². The number of rotatable bonds is 3. The normalized spacial score (nSPS) is 22.4. The highest BCUT2D eigenvalue weighted by Crippen LogP contribution is 2.66. The minimum Gasteiger partial charge on any atom is -0.443 e. The molecular formula is C33H36N6O3. The van der Waals surface area contributed by atoms with Gasteiger partial charge in [-0.1, -0.05) is 35.9 Å². The first-order valence-electron chi connectivity index (χ1n) is 14.8. The zero-order chi connectivity index (χ0) is 29.4. The molecular weight excluding hydrogens is 528 g/mol. The molecule has 0 radical (unpaired) electrons. The zero-order valence-corrected chi connectivity index (χ0v) is 24.8. The molecule has 0 bridgehead atoms. The number of benzene rings is 2. The second-order valence-corrected chi connectivity index (χ2v) is 13.0. The third kappa shape index (κ3) is 4.25. The molecule has 1 aliphatic carbocycles. The number of anilines is 3. The van der Waals surface area contributed by atoms with E-state index < -0.39 is 17.1 Å². The molecule has 2 amide bonds. The summed E-state index contributed by atoms with van der Waals surface area (Å²) < 4.78 is 5.64. The van der Waals surface area contributed by atoms with E-state index in [1.165, 1.54) is 17.7 Å². The third-order valence-corrected chi connectivity index (χ3v) is 8.77. The largest absolute Gasteiger partial charge is 0.443 e. The van der Waals surface area contributed by atoms with Crippen LogP contribution in [0.25, 0.3) is 0 Å². The van der Waals surface area contributed by atoms with Crippen molar-refractivity contribution < 1.29 is 14.3 Å². The van der Waals surface area contributed by atoms with Crippen molar-refractivity contribution in [2.75, 3.05) is 28.2 Å². The molecule has 3 aliphatic heterocycles. The van der Waals surface area contributed by atoms with Crippen LogP contribution in [-0.2, 0) is 21.5 Å². The Hall–Kier alpha value is -4.27. The fourth-order valence-corrected chi connectivity index (χ4v) is 6.60. The average molecular weight is 565 g/mol. The average Bonchev–Trinajstić information content (AvgIpc) is 3.20. The van der Waals surface area contributed by atoms with Crippen LogP contribution in [0.5, 0.6) is 0 Å². The molecule has 3 aromatic rings. The Morgan fingerprint density at radius 1 is 1.10 bits per heavy atom. The molecule has 1 spiro atoms. The van der Waals surface area contributed by atoms with Crippen molar-refractivity contribution in [3.63, 3.8) is 0 Å². The van der Waals surface area contributed by atoms with E-state index in [0.29, 0.717) is 18.7 Å². The molecule has 42 heavy (non-hydrogen) atoms. The van der Waals surface area contributed by atoms with Gasteiger partial charge in [-0.3, -0.25) is 9.79 Å². The van der Waals surface area contributed by atoms with Crippen molar-refractivity contribution in [2.24, 2.45) is 4.99 Å². The van der Waals surface area contributed by atoms with E-state index in [-0.39, 0.29) is 11.8 Å². The van der Waals surface area contributed by atoms with E-state index in [4.69, 9.17) is 14.7 Å². The smallest absolute Gasteiger partial charge is 0.421 e. The maximum absolute atomic E-state index is 14.0. The first-order chi connectivity index (χ1) is 20.0. The zero-order valence-electron chi connectivity index (χ0n) is 24.8. The molecule has 0 unspecified atom stereocenters. The third-order valence-electron chi connectivity index (χ3n) is 8.77. The highest BCUT2D eigenvalue weighted by molar-refractivity contribution is 6.23. The summed E-state index contributed by atoms with van der Waals surface area (Å²) >= 11 is 0. The summed E-state index contributed by atoms with van der Waals surface area (Å²) in [6.45, 7) is 12.0. The van der Waals surface area contributed by atoms with Gasteiger partial charge in [-0.15, -0.1) is 0 Å². The van der Waals surface area contributed by atoms with Gasteiger partial charge in [0.25, 0.3) is 0 Å². The summed E-state index contributed by atoms with van der Waals surface area (Å²) in [5.74, 6) is 2.10. The van der Waals surface area contributed by atoms with Gasteiger partial charge in [0, 0.05) is 36.3 Å². The molecule has 216 valence electrons. The van der Waals surface area contributed by atoms with Crippen LogP contribution >= 0.6 is 0 Å². The lowest BCUT2D eigenvalue weighted by molar-refractivity contribution is -0.120. The van der Waals surface area contributed by atoms with E-state index in [9.17, 15) is 9.59 Å². The van der Waals surface area contributed by atoms with Gasteiger partial charge in [-0.2, -0.15) is 4.98 Å². The summed E-state index contributed by atoms with van der Waals surface area (Å²) in [6.07, 6.45) is 4.24. The molecule has 7 rings (SSSR count). The number of imide groups is 1. The lowest BCUT2D eigenvalue weighted by Crippen LogP contribution is -2.41. The van der Waals surface area contributed by atoms with Crippen LogP contribution in [0.1, 0.15) is 79.3 Å². The predicted molar refractivity (Wildman–Crippen MR) is 162 cm³/mol. The SMILES string of the molecule is Cc1ccc2c(c1)[C@]1(C[C@H]1c1ccc3c(c1)CN=C3Nc1nc(N3CCCC3)ncc1C)C(=O)N2C(=O)OC(C)(C)C. The molecule has 2 fully saturated rings. The Balaban J connectivity index is 1.15. The lowest BCUT2D eigenvalue weighted by atomic mass is 9.90. The maximum Gasteiger partial charge on any atom is 0.421 e. The maximum atomic E-state index is 14.0. The number of nitrogens with zero attached hydrogens (tertiary/aromatic N) is 5. The van der Waals surface area contributed by atoms with Gasteiger partial charge < -0.3 is 15.0 Å². The van der Waals surface area contributed by atoms with Crippen LogP contribution in [0.2, 0.25) is 0 Å². The molecule has 1 saturated carbocycles. The highest BCUT2D eigenvalue weighted by atomic mass is 16.6. The predicted octanol–water partition coefficient (Wildman–Crippen LogP) is 5.77. The summed E-state index contributed by atoms with van der Waals surface area (Å²) in [5, 5.41) is 3.47. The van der Waals surface area contributed by atoms with Gasteiger partial charge >= 0.3 is 6.09 Å². The molecule has 4 aliphatic rings. The van der Waals surface area contributed by atoms with Crippen LogP contribution in [0.15, 0.2) is 47.6 Å². The minimum atomic E-state index is -0.753. The van der Waals surface area contributed by atoms with Crippen LogP contribution in [0.3, 0.4) is 0 Å². The Bertz CT molecular complexity index is 1670. The fourth-order valence-electron chi connectivity index (χ4n) is 6.60. The van der Waals surface area contributed by atoms with E-state index in [1.807, 2.05) is 52.9 Å². The lowest BCUT2D eigenvalue weighted by Gasteiger charge is -2.24. The van der Waals surface area contributed by atoms with Crippen molar-refractivity contribution in [2.45, 2.75) is 77.4 Å². The molecule has 9 nitrogen and oxygen atoms in total. The van der Waals surface area contributed by atoms with Gasteiger partial charge in [0.2, 0.25) is 11.9 Å². The van der Waals surface area contributed by atoms with Crippen molar-refractivity contribution in [1.82, 2.24) is 9.97 Å². The molecule has 2 aromatic carbocycles. The van der Waals surface area contributed by atoms with Crippen molar-refractivity contribution in [3.8, 4) is 0 Å². The van der Waals surface area contributed by atoms with Crippen LogP contribution < -0.4 is 15.1 Å². The molecule has 9 heteroatoms. The number of fused-ring (bicyclic) bond motifs is 3. The monoisotopic (exact) mass is 564 g/mol. The summed E-state index contributed by atoms with van der Waals surface area (Å²) in [5.41, 5.74) is 5.36. The fraction of sp³-hybridized carbons (Fsp3) is 0.424. The number of aryl methyl sites for hydroxylation is 2. The number of amidine groups is 1. The molecule has 4 heterocycles. The number of carbonyl (C=O) groups excluding carboxylic acids is 2. The van der Waals surface area contributed by atoms with Crippen LogP contribution in [0, 0.1) is 13.8 Å². The molecule has 1 aromatic heterocycles. The first-order valence-corrected chi connectivity index (χ1v) is 14.8. The number of hydrogen-bond acceptors (Lipinski definition) is 8. The van der Waals surface area contributed by atoms with Gasteiger partial charge in [0.1, 0.15) is 17.3 Å². The Morgan fingerprint density at radius 2 is 1.88 bits per heavy atom. The second kappa shape index (κ2) is 9.37. The number of hydrogen-bond donors (Lipinski definition) is 1. The van der Waals surface area contributed by atoms with Crippen molar-refractivity contribution >= 4 is 35.3 Å². The topological polar surface area (TPSA) is 100 Å². The van der Waals surface area contributed by atoms with E-state index >= 15 is 0 Å². The standard InChI is InChI=1S/C33H36N6O3/c1-19-8-11-26-24(14-19)33(29(40)39(26)31(41)42-32(3,4)5)16-25(33)21-9-10-23-22(15-21)18-34-28(23)36-27-20(2)17-35-30(37-27)38-12-6-7-13-38/h8-11,14-15,17,25H,6-7,12-13,16,18H2,1-5H3,(H,34,35,36,37)/t25-,33-/m0/s1. The Labute approximate surface area is 246 Å². The quantitative estimate of drug-likeness (QED) is 0.431. The number of aliphatic imine (C=N–C) groups is 1. The minimum absolute atomic E-state index is 0.0209. The summed E-state index contributed by atoms with van der Waals surface area (Å²) in [4.78, 5) is 44.8. The molecule has 2 atom stereocenters. The van der Waals surface area contributed by atoms with Gasteiger partial charge in [0.15, 0.2) is 0 Å². The van der Waals surface area contributed by atoms with Crippen molar-refractivity contribution in [3.05, 3.63) is 76.0 Å². The summed E-state index contributed by atoms with van der Waals surface area (Å²) in [6, 6.07) is 12.2. The molecule has 1 saturated heterocycles. The number of aromatic nitrogens is 2.